The van der Waals surface area contributed by atoms with Gasteiger partial charge in [0.15, 0.2) is 0 Å². The van der Waals surface area contributed by atoms with Crippen molar-refractivity contribution in [2.24, 2.45) is 0 Å². The predicted molar refractivity (Wildman–Crippen MR) is 163 cm³/mol. The highest BCUT2D eigenvalue weighted by Crippen LogP contribution is 2.36. The molecule has 0 bridgehead atoms. The number of cyclic esters (lactones) is 1. The highest BCUT2D eigenvalue weighted by molar-refractivity contribution is 5.89. The highest BCUT2D eigenvalue weighted by atomic mass is 16.6. The van der Waals surface area contributed by atoms with E-state index >= 15 is 0 Å². The Morgan fingerprint density at radius 2 is 1.86 bits per heavy atom. The summed E-state index contributed by atoms with van der Waals surface area (Å²) < 4.78 is 21.5. The highest BCUT2D eigenvalue weighted by Gasteiger charge is 2.27. The molecule has 9 nitrogen and oxygen atoms in total. The smallest absolute Gasteiger partial charge is 0.409 e. The summed E-state index contributed by atoms with van der Waals surface area (Å²) in [5.74, 6) is 0.452. The number of ether oxygens (including phenoxy) is 4. The van der Waals surface area contributed by atoms with Crippen LogP contribution in [0, 0.1) is 0 Å². The zero-order valence-corrected chi connectivity index (χ0v) is 25.7. The van der Waals surface area contributed by atoms with Gasteiger partial charge in [0.05, 0.1) is 31.9 Å². The molecule has 1 atom stereocenters. The number of fused-ring (bicyclic) bond motifs is 1. The van der Waals surface area contributed by atoms with Gasteiger partial charge in [-0.2, -0.15) is 0 Å². The zero-order valence-electron chi connectivity index (χ0n) is 25.7. The SMILES string of the molecule is CCOC(=O)CCCCN(CCc1ccccc1OCCCN1CCOC1=O)C1CCCc2cc(C(=O)OCC)ccc21. The Labute approximate surface area is 255 Å². The maximum absolute atomic E-state index is 12.4. The minimum atomic E-state index is -0.278. The Kier molecular flexibility index (Phi) is 12.7. The summed E-state index contributed by atoms with van der Waals surface area (Å²) in [5.41, 5.74) is 4.24. The minimum Gasteiger partial charge on any atom is -0.493 e. The lowest BCUT2D eigenvalue weighted by Gasteiger charge is -2.36. The third-order valence-corrected chi connectivity index (χ3v) is 8.07. The maximum Gasteiger partial charge on any atom is 0.409 e. The van der Waals surface area contributed by atoms with E-state index in [1.54, 1.807) is 4.90 Å². The number of unbranched alkanes of at least 4 members (excludes halogenated alkanes) is 1. The van der Waals surface area contributed by atoms with Crippen molar-refractivity contribution in [2.45, 2.75) is 71.3 Å². The van der Waals surface area contributed by atoms with Crippen LogP contribution >= 0.6 is 0 Å². The first-order valence-electron chi connectivity index (χ1n) is 15.8. The van der Waals surface area contributed by atoms with Crippen molar-refractivity contribution in [1.82, 2.24) is 9.80 Å². The van der Waals surface area contributed by atoms with Crippen molar-refractivity contribution in [3.63, 3.8) is 0 Å². The summed E-state index contributed by atoms with van der Waals surface area (Å²) in [5, 5.41) is 0. The van der Waals surface area contributed by atoms with Crippen LogP contribution in [0.5, 0.6) is 5.75 Å². The third-order valence-electron chi connectivity index (χ3n) is 8.07. The molecule has 9 heteroatoms. The first kappa shape index (κ1) is 32.3. The number of amides is 1. The fraction of sp³-hybridized carbons (Fsp3) is 0.559. The molecule has 0 N–H and O–H groups in total. The van der Waals surface area contributed by atoms with Crippen LogP contribution in [-0.2, 0) is 31.8 Å². The molecule has 2 aromatic rings. The van der Waals surface area contributed by atoms with E-state index in [4.69, 9.17) is 18.9 Å². The molecule has 1 unspecified atom stereocenters. The Morgan fingerprint density at radius 1 is 1.02 bits per heavy atom. The van der Waals surface area contributed by atoms with Crippen LogP contribution in [0.15, 0.2) is 42.5 Å². The van der Waals surface area contributed by atoms with Crippen molar-refractivity contribution in [2.75, 3.05) is 52.6 Å². The second-order valence-electron chi connectivity index (χ2n) is 11.0. The summed E-state index contributed by atoms with van der Waals surface area (Å²) in [7, 11) is 0. The van der Waals surface area contributed by atoms with Gasteiger partial charge in [-0.3, -0.25) is 9.69 Å². The molecular weight excluding hydrogens is 548 g/mol. The topological polar surface area (TPSA) is 94.6 Å². The molecule has 2 aliphatic rings. The van der Waals surface area contributed by atoms with Gasteiger partial charge in [0, 0.05) is 25.6 Å². The number of aryl methyl sites for hydroxylation is 1. The molecule has 1 fully saturated rings. The van der Waals surface area contributed by atoms with Gasteiger partial charge in [0.2, 0.25) is 0 Å². The number of hydrogen-bond acceptors (Lipinski definition) is 8. The average molecular weight is 595 g/mol. The molecule has 1 aliphatic heterocycles. The number of rotatable bonds is 17. The van der Waals surface area contributed by atoms with Crippen LogP contribution in [0.25, 0.3) is 0 Å². The first-order chi connectivity index (χ1) is 21.0. The lowest BCUT2D eigenvalue weighted by atomic mass is 9.85. The zero-order chi connectivity index (χ0) is 30.4. The van der Waals surface area contributed by atoms with Crippen molar-refractivity contribution in [1.29, 1.82) is 0 Å². The molecule has 4 rings (SSSR count). The summed E-state index contributed by atoms with van der Waals surface area (Å²) in [6.45, 7) is 8.36. The van der Waals surface area contributed by atoms with Crippen LogP contribution in [0.1, 0.15) is 85.5 Å². The van der Waals surface area contributed by atoms with Crippen LogP contribution in [0.4, 0.5) is 4.79 Å². The van der Waals surface area contributed by atoms with E-state index < -0.39 is 0 Å². The van der Waals surface area contributed by atoms with E-state index in [-0.39, 0.29) is 24.1 Å². The standard InChI is InChI=1S/C34H46N2O7/c1-3-40-32(37)15-7-8-19-35(30-13-9-12-27-25-28(16-17-29(27)30)33(38)41-4-2)21-18-26-11-5-6-14-31(26)42-23-10-20-36-22-24-43-34(36)39/h5-6,11,14,16-17,25,30H,3-4,7-10,12-13,15,18-24H2,1-2H3. The molecule has 0 saturated carbocycles. The van der Waals surface area contributed by atoms with Gasteiger partial charge in [0.25, 0.3) is 0 Å². The lowest BCUT2D eigenvalue weighted by Crippen LogP contribution is -2.34. The largest absolute Gasteiger partial charge is 0.493 e. The Balaban J connectivity index is 1.42. The molecule has 43 heavy (non-hydrogen) atoms. The molecule has 1 heterocycles. The van der Waals surface area contributed by atoms with Gasteiger partial charge >= 0.3 is 18.0 Å². The Bertz CT molecular complexity index is 1220. The molecule has 234 valence electrons. The van der Waals surface area contributed by atoms with Crippen molar-refractivity contribution >= 4 is 18.0 Å². The molecule has 1 amide bonds. The van der Waals surface area contributed by atoms with E-state index in [1.807, 2.05) is 44.2 Å². The van der Waals surface area contributed by atoms with Crippen LogP contribution in [0.2, 0.25) is 0 Å². The first-order valence-corrected chi connectivity index (χ1v) is 15.8. The summed E-state index contributed by atoms with van der Waals surface area (Å²) in [6.07, 6.45) is 6.45. The van der Waals surface area contributed by atoms with Crippen molar-refractivity contribution in [3.05, 3.63) is 64.7 Å². The minimum absolute atomic E-state index is 0.142. The second kappa shape index (κ2) is 16.9. The van der Waals surface area contributed by atoms with Gasteiger partial charge in [-0.05, 0) is 100 Å². The Morgan fingerprint density at radius 3 is 2.65 bits per heavy atom. The fourth-order valence-corrected chi connectivity index (χ4v) is 5.93. The number of carbonyl (C=O) groups is 3. The van der Waals surface area contributed by atoms with E-state index in [1.165, 1.54) is 11.1 Å². The number of benzene rings is 2. The molecule has 0 radical (unpaired) electrons. The molecule has 2 aromatic carbocycles. The number of carbonyl (C=O) groups excluding carboxylic acids is 3. The summed E-state index contributed by atoms with van der Waals surface area (Å²) >= 11 is 0. The summed E-state index contributed by atoms with van der Waals surface area (Å²) in [6, 6.07) is 14.4. The van der Waals surface area contributed by atoms with Crippen LogP contribution < -0.4 is 4.74 Å². The third kappa shape index (κ3) is 9.45. The fourth-order valence-electron chi connectivity index (χ4n) is 5.93. The monoisotopic (exact) mass is 594 g/mol. The lowest BCUT2D eigenvalue weighted by molar-refractivity contribution is -0.143. The predicted octanol–water partition coefficient (Wildman–Crippen LogP) is 5.74. The Hall–Kier alpha value is -3.59. The molecule has 0 aromatic heterocycles. The quantitative estimate of drug-likeness (QED) is 0.130. The molecular formula is C34H46N2O7. The number of para-hydroxylation sites is 1. The van der Waals surface area contributed by atoms with Gasteiger partial charge in [-0.25, -0.2) is 9.59 Å². The number of hydrogen-bond donors (Lipinski definition) is 0. The number of nitrogens with zero attached hydrogens (tertiary/aromatic N) is 2. The van der Waals surface area contributed by atoms with E-state index in [2.05, 4.69) is 17.0 Å². The van der Waals surface area contributed by atoms with E-state index in [9.17, 15) is 14.4 Å². The molecule has 1 aliphatic carbocycles. The van der Waals surface area contributed by atoms with Gasteiger partial charge in [-0.1, -0.05) is 24.3 Å². The second-order valence-corrected chi connectivity index (χ2v) is 11.0. The van der Waals surface area contributed by atoms with Gasteiger partial charge in [0.1, 0.15) is 12.4 Å². The van der Waals surface area contributed by atoms with Crippen LogP contribution in [0.3, 0.4) is 0 Å². The molecule has 0 spiro atoms. The normalized spacial score (nSPS) is 16.1. The molecule has 1 saturated heterocycles. The average Bonchev–Trinajstić information content (AvgIpc) is 3.43. The van der Waals surface area contributed by atoms with Gasteiger partial charge in [-0.15, -0.1) is 0 Å². The van der Waals surface area contributed by atoms with E-state index in [0.717, 1.165) is 69.3 Å². The number of esters is 2. The van der Waals surface area contributed by atoms with Gasteiger partial charge < -0.3 is 23.8 Å². The van der Waals surface area contributed by atoms with Crippen molar-refractivity contribution < 1.29 is 33.3 Å². The van der Waals surface area contributed by atoms with E-state index in [0.29, 0.717) is 51.5 Å². The summed E-state index contributed by atoms with van der Waals surface area (Å²) in [4.78, 5) is 40.2. The van der Waals surface area contributed by atoms with Crippen molar-refractivity contribution in [3.8, 4) is 5.75 Å². The maximum atomic E-state index is 12.4. The van der Waals surface area contributed by atoms with Crippen LogP contribution in [-0.4, -0.2) is 80.4 Å².